The zero-order chi connectivity index (χ0) is 7.14. The Bertz CT molecular complexity index is 262. The number of aromatic nitrogens is 2. The molecule has 1 N–H and O–H groups in total. The van der Waals surface area contributed by atoms with Crippen LogP contribution in [-0.2, 0) is 0 Å². The Morgan fingerprint density at radius 1 is 1.80 bits per heavy atom. The molecule has 0 aliphatic carbocycles. The van der Waals surface area contributed by atoms with Gasteiger partial charge in [-0.2, -0.15) is 5.10 Å². The molecule has 1 aromatic heterocycles. The lowest BCUT2D eigenvalue weighted by Crippen LogP contribution is -1.95. The van der Waals surface area contributed by atoms with Crippen molar-refractivity contribution in [3.05, 3.63) is 10.8 Å². The summed E-state index contributed by atoms with van der Waals surface area (Å²) in [5.74, 6) is 0.989. The van der Waals surface area contributed by atoms with E-state index in [4.69, 9.17) is 19.4 Å². The van der Waals surface area contributed by atoms with Crippen LogP contribution < -0.4 is 0 Å². The van der Waals surface area contributed by atoms with E-state index in [9.17, 15) is 0 Å². The number of hydrogen-bond acceptors (Lipinski definition) is 2. The fourth-order valence-electron chi connectivity index (χ4n) is 0.967. The Morgan fingerprint density at radius 3 is 3.30 bits per heavy atom. The van der Waals surface area contributed by atoms with Crippen LogP contribution in [-0.4, -0.2) is 23.8 Å². The fraction of sp³-hybridized carbons (Fsp3) is 0.400. The lowest BCUT2D eigenvalue weighted by Gasteiger charge is -1.95. The predicted molar refractivity (Wildman–Crippen MR) is 42.8 cm³/mol. The number of aromatic amines is 1. The molecular formula is C5H4BClN2S. The Hall–Kier alpha value is -0.0851. The highest BCUT2D eigenvalue weighted by atomic mass is 35.5. The van der Waals surface area contributed by atoms with Gasteiger partial charge in [-0.1, -0.05) is 11.6 Å². The van der Waals surface area contributed by atoms with Gasteiger partial charge < -0.3 is 0 Å². The van der Waals surface area contributed by atoms with E-state index >= 15 is 0 Å². The highest BCUT2D eigenvalue weighted by Crippen LogP contribution is 2.40. The van der Waals surface area contributed by atoms with Crippen molar-refractivity contribution in [2.24, 2.45) is 0 Å². The Balaban J connectivity index is 2.53. The van der Waals surface area contributed by atoms with Crippen LogP contribution in [0.4, 0.5) is 0 Å². The molecule has 0 fully saturated rings. The SMILES string of the molecule is [B]C1CSc2c(Cl)n[nH]c21. The Kier molecular flexibility index (Phi) is 1.46. The third-order valence-corrected chi connectivity index (χ3v) is 3.10. The minimum absolute atomic E-state index is 0.0833. The lowest BCUT2D eigenvalue weighted by atomic mass is 9.87. The van der Waals surface area contributed by atoms with Gasteiger partial charge >= 0.3 is 0 Å². The molecule has 1 unspecified atom stereocenters. The van der Waals surface area contributed by atoms with Crippen molar-refractivity contribution in [3.8, 4) is 0 Å². The van der Waals surface area contributed by atoms with Crippen LogP contribution in [0.1, 0.15) is 11.5 Å². The summed E-state index contributed by atoms with van der Waals surface area (Å²) in [6, 6.07) is 0. The minimum atomic E-state index is 0.0833. The van der Waals surface area contributed by atoms with Crippen molar-refractivity contribution < 1.29 is 0 Å². The Morgan fingerprint density at radius 2 is 2.60 bits per heavy atom. The lowest BCUT2D eigenvalue weighted by molar-refractivity contribution is 0.957. The van der Waals surface area contributed by atoms with Gasteiger partial charge in [-0.25, -0.2) is 0 Å². The van der Waals surface area contributed by atoms with Crippen LogP contribution in [0, 0.1) is 0 Å². The average Bonchev–Trinajstić information content (AvgIpc) is 2.41. The molecule has 1 aliphatic heterocycles. The number of rotatable bonds is 0. The van der Waals surface area contributed by atoms with Gasteiger partial charge in [0.15, 0.2) is 5.15 Å². The Labute approximate surface area is 69.1 Å². The number of nitrogens with zero attached hydrogens (tertiary/aromatic N) is 1. The molecule has 0 spiro atoms. The molecule has 1 aliphatic rings. The summed E-state index contributed by atoms with van der Waals surface area (Å²) in [6.07, 6.45) is 0. The number of fused-ring (bicyclic) bond motifs is 1. The molecule has 2 radical (unpaired) electrons. The average molecular weight is 170 g/mol. The zero-order valence-electron chi connectivity index (χ0n) is 5.10. The molecule has 0 saturated carbocycles. The van der Waals surface area contributed by atoms with Gasteiger partial charge in [0, 0.05) is 5.69 Å². The molecule has 10 heavy (non-hydrogen) atoms. The standard InChI is InChI=1S/C5H4BClN2S/c6-2-1-10-4-3(2)8-9-5(4)7/h2H,1H2,(H,8,9). The molecule has 0 saturated heterocycles. The van der Waals surface area contributed by atoms with E-state index in [2.05, 4.69) is 10.2 Å². The van der Waals surface area contributed by atoms with Crippen molar-refractivity contribution >= 4 is 31.2 Å². The summed E-state index contributed by atoms with van der Waals surface area (Å²) in [4.78, 5) is 1.02. The molecule has 0 bridgehead atoms. The summed E-state index contributed by atoms with van der Waals surface area (Å²) in [6.45, 7) is 0. The summed E-state index contributed by atoms with van der Waals surface area (Å²) >= 11 is 7.39. The molecule has 1 aromatic rings. The van der Waals surface area contributed by atoms with E-state index in [1.807, 2.05) is 0 Å². The smallest absolute Gasteiger partial charge is 0.164 e. The number of nitrogens with one attached hydrogen (secondary N) is 1. The van der Waals surface area contributed by atoms with Crippen LogP contribution in [0.5, 0.6) is 0 Å². The summed E-state index contributed by atoms with van der Waals surface area (Å²) in [5, 5.41) is 7.19. The molecule has 2 rings (SSSR count). The third-order valence-electron chi connectivity index (χ3n) is 1.48. The van der Waals surface area contributed by atoms with Gasteiger partial charge in [-0.15, -0.1) is 11.8 Å². The highest BCUT2D eigenvalue weighted by Gasteiger charge is 2.23. The zero-order valence-corrected chi connectivity index (χ0v) is 6.67. The van der Waals surface area contributed by atoms with E-state index in [-0.39, 0.29) is 5.82 Å². The summed E-state index contributed by atoms with van der Waals surface area (Å²) in [5.41, 5.74) is 0.981. The maximum absolute atomic E-state index is 5.73. The molecular weight excluding hydrogens is 166 g/mol. The second-order valence-corrected chi connectivity index (χ2v) is 3.56. The van der Waals surface area contributed by atoms with Gasteiger partial charge in [0.2, 0.25) is 0 Å². The molecule has 2 nitrogen and oxygen atoms in total. The number of H-pyrrole nitrogens is 1. The highest BCUT2D eigenvalue weighted by molar-refractivity contribution is 7.99. The van der Waals surface area contributed by atoms with Gasteiger partial charge in [0.1, 0.15) is 0 Å². The predicted octanol–water partition coefficient (Wildman–Crippen LogP) is 1.38. The third kappa shape index (κ3) is 0.788. The normalized spacial score (nSPS) is 23.1. The monoisotopic (exact) mass is 170 g/mol. The van der Waals surface area contributed by atoms with E-state index in [1.54, 1.807) is 11.8 Å². The van der Waals surface area contributed by atoms with Crippen molar-refractivity contribution in [2.45, 2.75) is 10.7 Å². The molecule has 5 heteroatoms. The molecule has 1 atom stereocenters. The first-order chi connectivity index (χ1) is 4.79. The van der Waals surface area contributed by atoms with Crippen molar-refractivity contribution in [2.75, 3.05) is 5.75 Å². The number of thioether (sulfide) groups is 1. The summed E-state index contributed by atoms with van der Waals surface area (Å²) in [7, 11) is 5.71. The van der Waals surface area contributed by atoms with E-state index < -0.39 is 0 Å². The van der Waals surface area contributed by atoms with Gasteiger partial charge in [0.05, 0.1) is 12.7 Å². The first-order valence-electron chi connectivity index (χ1n) is 2.91. The molecule has 2 heterocycles. The maximum atomic E-state index is 5.73. The van der Waals surface area contributed by atoms with Crippen molar-refractivity contribution in [1.29, 1.82) is 0 Å². The van der Waals surface area contributed by atoms with Crippen LogP contribution in [0.2, 0.25) is 5.15 Å². The quantitative estimate of drug-likeness (QED) is 0.596. The van der Waals surface area contributed by atoms with E-state index in [1.165, 1.54) is 0 Å². The molecule has 0 amide bonds. The van der Waals surface area contributed by atoms with Crippen LogP contribution >= 0.6 is 23.4 Å². The van der Waals surface area contributed by atoms with Gasteiger partial charge in [-0.05, 0) is 11.6 Å². The largest absolute Gasteiger partial charge is 0.280 e. The molecule has 0 aromatic carbocycles. The minimum Gasteiger partial charge on any atom is -0.280 e. The number of hydrogen-bond donors (Lipinski definition) is 1. The first-order valence-corrected chi connectivity index (χ1v) is 4.27. The van der Waals surface area contributed by atoms with Crippen LogP contribution in [0.25, 0.3) is 0 Å². The van der Waals surface area contributed by atoms with Gasteiger partial charge in [-0.3, -0.25) is 5.10 Å². The van der Waals surface area contributed by atoms with E-state index in [0.717, 1.165) is 16.3 Å². The maximum Gasteiger partial charge on any atom is 0.164 e. The fourth-order valence-corrected chi connectivity index (χ4v) is 2.30. The van der Waals surface area contributed by atoms with Crippen LogP contribution in [0.3, 0.4) is 0 Å². The van der Waals surface area contributed by atoms with Gasteiger partial charge in [0.25, 0.3) is 0 Å². The van der Waals surface area contributed by atoms with Crippen molar-refractivity contribution in [3.63, 3.8) is 0 Å². The van der Waals surface area contributed by atoms with Crippen LogP contribution in [0.15, 0.2) is 4.90 Å². The topological polar surface area (TPSA) is 28.7 Å². The number of halogens is 1. The van der Waals surface area contributed by atoms with Crippen molar-refractivity contribution in [1.82, 2.24) is 10.2 Å². The van der Waals surface area contributed by atoms with E-state index in [0.29, 0.717) is 5.15 Å². The summed E-state index contributed by atoms with van der Waals surface area (Å²) < 4.78 is 0. The molecule has 50 valence electrons. The second-order valence-electron chi connectivity index (χ2n) is 2.17. The second kappa shape index (κ2) is 2.20. The first kappa shape index (κ1) is 6.61.